The van der Waals surface area contributed by atoms with Gasteiger partial charge in [0.1, 0.15) is 17.8 Å². The molecule has 1 aliphatic heterocycles. The van der Waals surface area contributed by atoms with Gasteiger partial charge in [-0.2, -0.15) is 0 Å². The number of benzene rings is 1. The van der Waals surface area contributed by atoms with Gasteiger partial charge in [-0.25, -0.2) is 9.97 Å². The van der Waals surface area contributed by atoms with Crippen molar-refractivity contribution in [3.63, 3.8) is 0 Å². The number of aryl methyl sites for hydroxylation is 1. The van der Waals surface area contributed by atoms with E-state index in [9.17, 15) is 9.59 Å². The van der Waals surface area contributed by atoms with Gasteiger partial charge in [-0.05, 0) is 82.6 Å². The standard InChI is InChI=1S/C31H38N6O2/c1-19(2)29(38)35-23-14-12-21(13-15-23)26-24(25-27(32)33-18-34-28(25)36(26)5)20-8-10-22(11-9-20)30(39)37-17-7-6-16-31(37,3)4/h8,12-15,18,22H,1,6-7,9-11,16-17H2,2-5H3,(H,35,38)(H2,32,33,34)/t22-/m1/s1. The molecule has 3 N–H and O–H groups in total. The normalized spacial score (nSPS) is 19.0. The zero-order valence-electron chi connectivity index (χ0n) is 23.4. The smallest absolute Gasteiger partial charge is 0.250 e. The second kappa shape index (κ2) is 10.3. The number of allylic oxidation sites excluding steroid dienone is 2. The van der Waals surface area contributed by atoms with Gasteiger partial charge in [-0.1, -0.05) is 24.8 Å². The van der Waals surface area contributed by atoms with Gasteiger partial charge in [0, 0.05) is 41.9 Å². The average Bonchev–Trinajstić information content (AvgIpc) is 3.22. The molecule has 0 radical (unpaired) electrons. The molecule has 8 nitrogen and oxygen atoms in total. The molecule has 3 heterocycles. The molecule has 1 saturated heterocycles. The molecule has 0 unspecified atom stereocenters. The van der Waals surface area contributed by atoms with Crippen molar-refractivity contribution >= 4 is 39.9 Å². The molecule has 8 heteroatoms. The molecule has 3 aromatic rings. The second-order valence-corrected chi connectivity index (χ2v) is 11.5. The van der Waals surface area contributed by atoms with E-state index in [1.807, 2.05) is 31.3 Å². The monoisotopic (exact) mass is 526 g/mol. The molecule has 1 aliphatic carbocycles. The summed E-state index contributed by atoms with van der Waals surface area (Å²) in [4.78, 5) is 36.6. The molecule has 2 aromatic heterocycles. The van der Waals surface area contributed by atoms with Crippen LogP contribution >= 0.6 is 0 Å². The Labute approximate surface area is 230 Å². The number of carbonyl (C=O) groups excluding carboxylic acids is 2. The number of aromatic nitrogens is 3. The van der Waals surface area contributed by atoms with Gasteiger partial charge in [0.05, 0.1) is 11.1 Å². The molecule has 1 atom stereocenters. The fourth-order valence-corrected chi connectivity index (χ4v) is 6.05. The minimum atomic E-state index is -0.208. The third-order valence-corrected chi connectivity index (χ3v) is 8.30. The summed E-state index contributed by atoms with van der Waals surface area (Å²) in [6, 6.07) is 7.75. The van der Waals surface area contributed by atoms with E-state index < -0.39 is 0 Å². The number of nitrogens with one attached hydrogen (secondary N) is 1. The van der Waals surface area contributed by atoms with E-state index in [4.69, 9.17) is 5.73 Å². The van der Waals surface area contributed by atoms with Crippen LogP contribution in [-0.2, 0) is 16.6 Å². The van der Waals surface area contributed by atoms with Crippen molar-refractivity contribution in [1.29, 1.82) is 0 Å². The van der Waals surface area contributed by atoms with E-state index in [2.05, 4.69) is 51.3 Å². The number of nitrogen functional groups attached to an aromatic ring is 1. The fourth-order valence-electron chi connectivity index (χ4n) is 6.05. The van der Waals surface area contributed by atoms with Crippen LogP contribution in [0.5, 0.6) is 0 Å². The highest BCUT2D eigenvalue weighted by atomic mass is 16.2. The Morgan fingerprint density at radius 2 is 1.90 bits per heavy atom. The SMILES string of the molecule is C=C(C)C(=O)Nc1ccc(-c2c(C3=CC[C@@H](C(=O)N4CCCCC4(C)C)CC3)c3c(N)ncnc3n2C)cc1. The Kier molecular flexibility index (Phi) is 7.05. The van der Waals surface area contributed by atoms with Crippen molar-refractivity contribution in [2.75, 3.05) is 17.6 Å². The summed E-state index contributed by atoms with van der Waals surface area (Å²) < 4.78 is 2.05. The van der Waals surface area contributed by atoms with Crippen LogP contribution in [0.2, 0.25) is 0 Å². The van der Waals surface area contributed by atoms with Crippen molar-refractivity contribution in [2.45, 2.75) is 64.8 Å². The lowest BCUT2D eigenvalue weighted by Crippen LogP contribution is -2.52. The highest BCUT2D eigenvalue weighted by Crippen LogP contribution is 2.43. The molecule has 5 rings (SSSR count). The molecule has 204 valence electrons. The number of nitrogens with two attached hydrogens (primary N) is 1. The lowest BCUT2D eigenvalue weighted by atomic mass is 9.82. The molecular weight excluding hydrogens is 488 g/mol. The average molecular weight is 527 g/mol. The largest absolute Gasteiger partial charge is 0.383 e. The summed E-state index contributed by atoms with van der Waals surface area (Å²) in [5, 5.41) is 3.70. The summed E-state index contributed by atoms with van der Waals surface area (Å²) in [6.07, 6.45) is 9.31. The number of fused-ring (bicyclic) bond motifs is 1. The molecular formula is C31H38N6O2. The molecule has 39 heavy (non-hydrogen) atoms. The van der Waals surface area contributed by atoms with Crippen molar-refractivity contribution < 1.29 is 9.59 Å². The van der Waals surface area contributed by atoms with E-state index >= 15 is 0 Å². The summed E-state index contributed by atoms with van der Waals surface area (Å²) in [5.41, 5.74) is 12.4. The van der Waals surface area contributed by atoms with Crippen LogP contribution in [0.15, 0.2) is 48.8 Å². The van der Waals surface area contributed by atoms with Gasteiger partial charge < -0.3 is 20.5 Å². The first-order valence-corrected chi connectivity index (χ1v) is 13.8. The van der Waals surface area contributed by atoms with Gasteiger partial charge in [-0.15, -0.1) is 0 Å². The number of nitrogens with zero attached hydrogens (tertiary/aromatic N) is 4. The highest BCUT2D eigenvalue weighted by molar-refractivity contribution is 6.05. The first-order chi connectivity index (χ1) is 18.6. The van der Waals surface area contributed by atoms with Crippen molar-refractivity contribution in [2.24, 2.45) is 13.0 Å². The van der Waals surface area contributed by atoms with Gasteiger partial charge in [0.2, 0.25) is 5.91 Å². The number of likely N-dealkylation sites (tertiary alicyclic amines) is 1. The number of rotatable bonds is 5. The number of carbonyl (C=O) groups is 2. The minimum Gasteiger partial charge on any atom is -0.383 e. The van der Waals surface area contributed by atoms with Crippen LogP contribution in [-0.4, -0.2) is 43.3 Å². The van der Waals surface area contributed by atoms with Crippen molar-refractivity contribution in [3.8, 4) is 11.3 Å². The topological polar surface area (TPSA) is 106 Å². The van der Waals surface area contributed by atoms with Gasteiger partial charge in [-0.3, -0.25) is 9.59 Å². The molecule has 0 spiro atoms. The zero-order valence-corrected chi connectivity index (χ0v) is 23.4. The Bertz CT molecular complexity index is 1480. The highest BCUT2D eigenvalue weighted by Gasteiger charge is 2.37. The fraction of sp³-hybridized carbons (Fsp3) is 0.419. The van der Waals surface area contributed by atoms with Crippen LogP contribution in [0.25, 0.3) is 27.9 Å². The van der Waals surface area contributed by atoms with E-state index in [-0.39, 0.29) is 23.3 Å². The van der Waals surface area contributed by atoms with E-state index in [0.717, 1.165) is 60.1 Å². The van der Waals surface area contributed by atoms with Crippen LogP contribution in [0.1, 0.15) is 64.9 Å². The molecule has 2 amide bonds. The maximum Gasteiger partial charge on any atom is 0.250 e. The van der Waals surface area contributed by atoms with Crippen molar-refractivity contribution in [3.05, 3.63) is 54.4 Å². The number of hydrogen-bond acceptors (Lipinski definition) is 5. The number of amides is 2. The molecule has 1 fully saturated rings. The van der Waals surface area contributed by atoms with Crippen LogP contribution < -0.4 is 11.1 Å². The van der Waals surface area contributed by atoms with Gasteiger partial charge in [0.25, 0.3) is 5.91 Å². The number of hydrogen-bond donors (Lipinski definition) is 2. The lowest BCUT2D eigenvalue weighted by molar-refractivity contribution is -0.143. The first kappa shape index (κ1) is 26.7. The Morgan fingerprint density at radius 3 is 2.54 bits per heavy atom. The van der Waals surface area contributed by atoms with Crippen molar-refractivity contribution in [1.82, 2.24) is 19.4 Å². The minimum absolute atomic E-state index is 0.00522. The summed E-state index contributed by atoms with van der Waals surface area (Å²) >= 11 is 0. The summed E-state index contributed by atoms with van der Waals surface area (Å²) in [5.74, 6) is 0.509. The predicted molar refractivity (Wildman–Crippen MR) is 157 cm³/mol. The van der Waals surface area contributed by atoms with Crippen LogP contribution in [0.4, 0.5) is 11.5 Å². The van der Waals surface area contributed by atoms with E-state index in [0.29, 0.717) is 23.5 Å². The Hall–Kier alpha value is -3.94. The van der Waals surface area contributed by atoms with E-state index in [1.165, 1.54) is 18.3 Å². The molecule has 0 bridgehead atoms. The number of anilines is 2. The maximum atomic E-state index is 13.5. The Morgan fingerprint density at radius 1 is 1.15 bits per heavy atom. The third kappa shape index (κ3) is 4.95. The molecule has 0 saturated carbocycles. The van der Waals surface area contributed by atoms with Crippen LogP contribution in [0.3, 0.4) is 0 Å². The number of piperidine rings is 1. The molecule has 1 aromatic carbocycles. The molecule has 2 aliphatic rings. The Balaban J connectivity index is 1.50. The van der Waals surface area contributed by atoms with Crippen LogP contribution in [0, 0.1) is 5.92 Å². The quantitative estimate of drug-likeness (QED) is 0.415. The lowest BCUT2D eigenvalue weighted by Gasteiger charge is -2.44. The predicted octanol–water partition coefficient (Wildman–Crippen LogP) is 5.71. The summed E-state index contributed by atoms with van der Waals surface area (Å²) in [6.45, 7) is 10.6. The van der Waals surface area contributed by atoms with Gasteiger partial charge >= 0.3 is 0 Å². The zero-order chi connectivity index (χ0) is 27.9. The van der Waals surface area contributed by atoms with E-state index in [1.54, 1.807) is 6.92 Å². The van der Waals surface area contributed by atoms with Gasteiger partial charge in [0.15, 0.2) is 0 Å². The second-order valence-electron chi connectivity index (χ2n) is 11.5. The maximum absolute atomic E-state index is 13.5. The first-order valence-electron chi connectivity index (χ1n) is 13.8. The third-order valence-electron chi connectivity index (χ3n) is 8.30. The summed E-state index contributed by atoms with van der Waals surface area (Å²) in [7, 11) is 1.98.